The number of amides is 1. The van der Waals surface area contributed by atoms with Crippen LogP contribution in [0.15, 0.2) is 145 Å². The molecule has 2 heterocycles. The Bertz CT molecular complexity index is 1660. The minimum absolute atomic E-state index is 0.0339. The molecule has 2 aliphatic carbocycles. The molecule has 0 bridgehead atoms. The van der Waals surface area contributed by atoms with Crippen LogP contribution < -0.4 is 4.90 Å². The van der Waals surface area contributed by atoms with Crippen molar-refractivity contribution in [3.63, 3.8) is 0 Å². The maximum absolute atomic E-state index is 13.9. The van der Waals surface area contributed by atoms with Crippen LogP contribution in [0, 0.1) is 0 Å². The second-order valence-electron chi connectivity index (χ2n) is 9.52. The van der Waals surface area contributed by atoms with Crippen molar-refractivity contribution in [2.24, 2.45) is 0 Å². The van der Waals surface area contributed by atoms with Crippen molar-refractivity contribution in [2.45, 2.75) is 19.5 Å². The van der Waals surface area contributed by atoms with Gasteiger partial charge >= 0.3 is 0 Å². The van der Waals surface area contributed by atoms with Gasteiger partial charge in [0.15, 0.2) is 0 Å². The third-order valence-electron chi connectivity index (χ3n) is 6.90. The lowest BCUT2D eigenvalue weighted by Crippen LogP contribution is -2.32. The Hall–Kier alpha value is -5.03. The summed E-state index contributed by atoms with van der Waals surface area (Å²) in [6.45, 7) is 1.04. The van der Waals surface area contributed by atoms with Gasteiger partial charge in [-0.15, -0.1) is 5.10 Å². The highest BCUT2D eigenvalue weighted by Crippen LogP contribution is 2.41. The van der Waals surface area contributed by atoms with Crippen LogP contribution >= 0.6 is 0 Å². The molecule has 0 radical (unpaired) electrons. The molecule has 3 aliphatic rings. The monoisotopic (exact) mass is 508 g/mol. The SMILES string of the molecule is O=C(CC1=C/C=C\C=C/C=C\1)N1Cc2ccccc2-c2c(nnn2CC2=C/C=C\C=C/C=C\2)-c2ccccc21. The summed E-state index contributed by atoms with van der Waals surface area (Å²) in [5.41, 5.74) is 7.66. The number of carbonyl (C=O) groups excluding carboxylic acids is 1. The summed E-state index contributed by atoms with van der Waals surface area (Å²) < 4.78 is 1.97. The van der Waals surface area contributed by atoms with Crippen LogP contribution in [0.1, 0.15) is 12.0 Å². The Morgan fingerprint density at radius 2 is 1.36 bits per heavy atom. The number of benzene rings is 2. The number of allylic oxidation sites excluding steroid dienone is 15. The fourth-order valence-corrected chi connectivity index (χ4v) is 5.03. The third-order valence-corrected chi connectivity index (χ3v) is 6.90. The quantitative estimate of drug-likeness (QED) is 0.379. The Kier molecular flexibility index (Phi) is 6.95. The zero-order valence-electron chi connectivity index (χ0n) is 21.5. The molecule has 0 saturated heterocycles. The first kappa shape index (κ1) is 24.3. The average molecular weight is 509 g/mol. The summed E-state index contributed by atoms with van der Waals surface area (Å²) in [6, 6.07) is 16.3. The highest BCUT2D eigenvalue weighted by atomic mass is 16.2. The van der Waals surface area contributed by atoms with E-state index in [1.165, 1.54) is 0 Å². The fourth-order valence-electron chi connectivity index (χ4n) is 5.03. The predicted octanol–water partition coefficient (Wildman–Crippen LogP) is 7.07. The molecular formula is C34H28N4O. The molecule has 3 aromatic rings. The number of rotatable bonds is 4. The van der Waals surface area contributed by atoms with Crippen LogP contribution in [-0.4, -0.2) is 20.9 Å². The van der Waals surface area contributed by atoms with Gasteiger partial charge in [0.1, 0.15) is 5.69 Å². The largest absolute Gasteiger partial charge is 0.307 e. The van der Waals surface area contributed by atoms with E-state index in [9.17, 15) is 4.79 Å². The third kappa shape index (κ3) is 5.20. The van der Waals surface area contributed by atoms with Gasteiger partial charge in [0, 0.05) is 11.1 Å². The van der Waals surface area contributed by atoms with Gasteiger partial charge in [0.05, 0.1) is 30.9 Å². The molecule has 5 heteroatoms. The number of nitrogens with zero attached hydrogens (tertiary/aromatic N) is 4. The fraction of sp³-hybridized carbons (Fsp3) is 0.0882. The minimum Gasteiger partial charge on any atom is -0.307 e. The Balaban J connectivity index is 1.44. The minimum atomic E-state index is 0.0339. The topological polar surface area (TPSA) is 51.0 Å². The van der Waals surface area contributed by atoms with Crippen LogP contribution in [-0.2, 0) is 17.9 Å². The lowest BCUT2D eigenvalue weighted by atomic mass is 9.95. The van der Waals surface area contributed by atoms with Gasteiger partial charge in [-0.1, -0.05) is 133 Å². The maximum Gasteiger partial charge on any atom is 0.231 e. The van der Waals surface area contributed by atoms with E-state index in [4.69, 9.17) is 5.10 Å². The summed E-state index contributed by atoms with van der Waals surface area (Å²) in [4.78, 5) is 15.8. The molecule has 5 nitrogen and oxygen atoms in total. The standard InChI is InChI=1S/C34H28N4O/c39-32(23-26-15-7-3-1-4-8-16-26)37-25-28-19-11-12-20-29(28)34-33(30-21-13-14-22-31(30)37)35-36-38(34)24-27-17-9-5-2-6-10-18-27/h1-22H,23-25H2/b3-1-,4-1?,5-2-,6-2?,7-3?,8-4-,9-5?,10-6-,15-7-,16-8?,17-9-,18-10?,26-15?,26-16+,27-17?,27-18+. The number of aromatic nitrogens is 3. The van der Waals surface area contributed by atoms with Crippen molar-refractivity contribution in [1.29, 1.82) is 0 Å². The van der Waals surface area contributed by atoms with Gasteiger partial charge in [0.25, 0.3) is 0 Å². The van der Waals surface area contributed by atoms with E-state index in [1.807, 2.05) is 119 Å². The van der Waals surface area contributed by atoms with E-state index in [-0.39, 0.29) is 5.91 Å². The molecule has 1 amide bonds. The molecule has 2 aromatic carbocycles. The molecule has 0 fully saturated rings. The molecule has 1 aromatic heterocycles. The number of fused-ring (bicyclic) bond motifs is 5. The lowest BCUT2D eigenvalue weighted by molar-refractivity contribution is -0.118. The average Bonchev–Trinajstić information content (AvgIpc) is 3.32. The van der Waals surface area contributed by atoms with Crippen molar-refractivity contribution in [1.82, 2.24) is 15.0 Å². The second kappa shape index (κ2) is 11.2. The zero-order valence-corrected chi connectivity index (χ0v) is 21.5. The van der Waals surface area contributed by atoms with Crippen molar-refractivity contribution >= 4 is 11.6 Å². The Morgan fingerprint density at radius 1 is 0.718 bits per heavy atom. The Morgan fingerprint density at radius 3 is 2.18 bits per heavy atom. The van der Waals surface area contributed by atoms with Gasteiger partial charge in [0.2, 0.25) is 5.91 Å². The van der Waals surface area contributed by atoms with Crippen LogP contribution in [0.3, 0.4) is 0 Å². The molecule has 39 heavy (non-hydrogen) atoms. The lowest BCUT2D eigenvalue weighted by Gasteiger charge is -2.29. The van der Waals surface area contributed by atoms with Crippen LogP contribution in [0.2, 0.25) is 0 Å². The van der Waals surface area contributed by atoms with Crippen molar-refractivity contribution in [3.8, 4) is 22.5 Å². The number of carbonyl (C=O) groups is 1. The van der Waals surface area contributed by atoms with Gasteiger partial charge < -0.3 is 4.90 Å². The molecule has 0 N–H and O–H groups in total. The van der Waals surface area contributed by atoms with Crippen LogP contribution in [0.5, 0.6) is 0 Å². The number of para-hydroxylation sites is 1. The molecule has 6 rings (SSSR count). The summed E-state index contributed by atoms with van der Waals surface area (Å²) in [6.07, 6.45) is 28.4. The summed E-state index contributed by atoms with van der Waals surface area (Å²) in [7, 11) is 0. The maximum atomic E-state index is 13.9. The van der Waals surface area contributed by atoms with Gasteiger partial charge in [-0.25, -0.2) is 4.68 Å². The first-order chi connectivity index (χ1) is 19.3. The molecule has 0 spiro atoms. The number of anilines is 1. The second-order valence-corrected chi connectivity index (χ2v) is 9.52. The zero-order chi connectivity index (χ0) is 26.4. The van der Waals surface area contributed by atoms with Crippen molar-refractivity contribution < 1.29 is 4.79 Å². The highest BCUT2D eigenvalue weighted by molar-refractivity contribution is 6.01. The molecule has 1 aliphatic heterocycles. The smallest absolute Gasteiger partial charge is 0.231 e. The van der Waals surface area contributed by atoms with E-state index in [2.05, 4.69) is 29.5 Å². The molecule has 190 valence electrons. The molecule has 0 unspecified atom stereocenters. The number of hydrogen-bond donors (Lipinski definition) is 0. The summed E-state index contributed by atoms with van der Waals surface area (Å²) in [5, 5.41) is 9.31. The highest BCUT2D eigenvalue weighted by Gasteiger charge is 2.29. The number of hydrogen-bond acceptors (Lipinski definition) is 3. The molecule has 0 atom stereocenters. The Labute approximate surface area is 228 Å². The first-order valence-electron chi connectivity index (χ1n) is 13.1. The molecule has 0 saturated carbocycles. The van der Waals surface area contributed by atoms with Crippen LogP contribution in [0.25, 0.3) is 22.5 Å². The van der Waals surface area contributed by atoms with Gasteiger partial charge in [-0.3, -0.25) is 4.79 Å². The van der Waals surface area contributed by atoms with Crippen molar-refractivity contribution in [3.05, 3.63) is 150 Å². The van der Waals surface area contributed by atoms with E-state index in [0.717, 1.165) is 44.9 Å². The van der Waals surface area contributed by atoms with Crippen molar-refractivity contribution in [2.75, 3.05) is 4.90 Å². The van der Waals surface area contributed by atoms with E-state index in [1.54, 1.807) is 0 Å². The summed E-state index contributed by atoms with van der Waals surface area (Å²) in [5.74, 6) is 0.0339. The van der Waals surface area contributed by atoms with Gasteiger partial charge in [-0.05, 0) is 22.8 Å². The van der Waals surface area contributed by atoms with Crippen LogP contribution in [0.4, 0.5) is 5.69 Å². The molecular weight excluding hydrogens is 480 g/mol. The van der Waals surface area contributed by atoms with Gasteiger partial charge in [-0.2, -0.15) is 0 Å². The first-order valence-corrected chi connectivity index (χ1v) is 13.1. The predicted molar refractivity (Wildman–Crippen MR) is 158 cm³/mol. The van der Waals surface area contributed by atoms with E-state index >= 15 is 0 Å². The summed E-state index contributed by atoms with van der Waals surface area (Å²) >= 11 is 0. The van der Waals surface area contributed by atoms with E-state index in [0.29, 0.717) is 19.5 Å². The van der Waals surface area contributed by atoms with E-state index < -0.39 is 0 Å². The normalized spacial score (nSPS) is 23.1.